The van der Waals surface area contributed by atoms with Gasteiger partial charge in [0, 0.05) is 6.54 Å². The lowest BCUT2D eigenvalue weighted by atomic mass is 10.1. The van der Waals surface area contributed by atoms with Gasteiger partial charge in [-0.1, -0.05) is 19.4 Å². The Kier molecular flexibility index (Phi) is 6.11. The molecular formula is C15H18N2O3. The quantitative estimate of drug-likeness (QED) is 0.473. The number of ether oxygens (including phenoxy) is 1. The first kappa shape index (κ1) is 15.6. The molecule has 0 unspecified atom stereocenters. The number of carbonyl (C=O) groups excluding carboxylic acids is 1. The molecule has 5 nitrogen and oxygen atoms in total. The van der Waals surface area contributed by atoms with E-state index in [9.17, 15) is 9.90 Å². The summed E-state index contributed by atoms with van der Waals surface area (Å²) in [5, 5.41) is 21.2. The van der Waals surface area contributed by atoms with Crippen molar-refractivity contribution in [2.75, 3.05) is 13.7 Å². The van der Waals surface area contributed by atoms with Crippen molar-refractivity contribution >= 4 is 12.0 Å². The predicted octanol–water partition coefficient (Wildman–Crippen LogP) is 2.22. The fraction of sp³-hybridized carbons (Fsp3) is 0.333. The summed E-state index contributed by atoms with van der Waals surface area (Å²) in [7, 11) is 1.44. The number of nitrogens with zero attached hydrogens (tertiary/aromatic N) is 1. The van der Waals surface area contributed by atoms with Crippen molar-refractivity contribution in [3.8, 4) is 17.6 Å². The lowest BCUT2D eigenvalue weighted by Gasteiger charge is -2.05. The van der Waals surface area contributed by atoms with Gasteiger partial charge in [0.2, 0.25) is 0 Å². The van der Waals surface area contributed by atoms with Gasteiger partial charge < -0.3 is 15.2 Å². The van der Waals surface area contributed by atoms with Crippen molar-refractivity contribution in [3.63, 3.8) is 0 Å². The van der Waals surface area contributed by atoms with Gasteiger partial charge in [0.15, 0.2) is 11.5 Å². The third kappa shape index (κ3) is 4.32. The summed E-state index contributed by atoms with van der Waals surface area (Å²) in [6.45, 7) is 2.57. The number of benzene rings is 1. The zero-order chi connectivity index (χ0) is 15.0. The SMILES string of the molecule is CCCCNC(=O)/C(C#N)=C/c1ccc(O)c(OC)c1. The monoisotopic (exact) mass is 274 g/mol. The van der Waals surface area contributed by atoms with E-state index < -0.39 is 5.91 Å². The molecule has 0 aliphatic rings. The first-order valence-electron chi connectivity index (χ1n) is 6.39. The van der Waals surface area contributed by atoms with Crippen molar-refractivity contribution in [3.05, 3.63) is 29.3 Å². The van der Waals surface area contributed by atoms with E-state index in [0.29, 0.717) is 17.9 Å². The minimum absolute atomic E-state index is 0.00977. The molecule has 106 valence electrons. The van der Waals surface area contributed by atoms with E-state index in [-0.39, 0.29) is 11.3 Å². The third-order valence-electron chi connectivity index (χ3n) is 2.70. The topological polar surface area (TPSA) is 82.4 Å². The second kappa shape index (κ2) is 7.85. The van der Waals surface area contributed by atoms with E-state index in [2.05, 4.69) is 5.32 Å². The van der Waals surface area contributed by atoms with Gasteiger partial charge in [0.1, 0.15) is 11.6 Å². The highest BCUT2D eigenvalue weighted by molar-refractivity contribution is 6.01. The molecule has 5 heteroatoms. The van der Waals surface area contributed by atoms with Crippen LogP contribution in [-0.4, -0.2) is 24.7 Å². The maximum absolute atomic E-state index is 11.8. The van der Waals surface area contributed by atoms with Crippen LogP contribution in [0.4, 0.5) is 0 Å². The largest absolute Gasteiger partial charge is 0.504 e. The summed E-state index contributed by atoms with van der Waals surface area (Å²) in [6.07, 6.45) is 3.31. The highest BCUT2D eigenvalue weighted by Crippen LogP contribution is 2.27. The summed E-state index contributed by atoms with van der Waals surface area (Å²) >= 11 is 0. The van der Waals surface area contributed by atoms with E-state index in [4.69, 9.17) is 10.00 Å². The van der Waals surface area contributed by atoms with E-state index in [1.54, 1.807) is 12.1 Å². The third-order valence-corrected chi connectivity index (χ3v) is 2.70. The minimum Gasteiger partial charge on any atom is -0.504 e. The molecule has 1 rings (SSSR count). The summed E-state index contributed by atoms with van der Waals surface area (Å²) in [4.78, 5) is 11.8. The van der Waals surface area contributed by atoms with Crippen LogP contribution >= 0.6 is 0 Å². The first-order valence-corrected chi connectivity index (χ1v) is 6.39. The van der Waals surface area contributed by atoms with Gasteiger partial charge in [-0.05, 0) is 30.2 Å². The number of phenolic OH excluding ortho intramolecular Hbond substituents is 1. The normalized spacial score (nSPS) is 10.8. The average molecular weight is 274 g/mol. The fourth-order valence-corrected chi connectivity index (χ4v) is 1.57. The lowest BCUT2D eigenvalue weighted by Crippen LogP contribution is -2.25. The number of carbonyl (C=O) groups is 1. The number of nitriles is 1. The smallest absolute Gasteiger partial charge is 0.261 e. The van der Waals surface area contributed by atoms with Gasteiger partial charge in [-0.3, -0.25) is 4.79 Å². The molecule has 20 heavy (non-hydrogen) atoms. The fourth-order valence-electron chi connectivity index (χ4n) is 1.57. The number of phenols is 1. The van der Waals surface area contributed by atoms with Crippen LogP contribution < -0.4 is 10.1 Å². The average Bonchev–Trinajstić information content (AvgIpc) is 2.46. The van der Waals surface area contributed by atoms with Crippen LogP contribution in [0.3, 0.4) is 0 Å². The Morgan fingerprint density at radius 3 is 2.90 bits per heavy atom. The maximum atomic E-state index is 11.8. The van der Waals surface area contributed by atoms with Crippen molar-refractivity contribution in [1.29, 1.82) is 5.26 Å². The Bertz CT molecular complexity index is 545. The molecule has 0 saturated carbocycles. The number of methoxy groups -OCH3 is 1. The van der Waals surface area contributed by atoms with Gasteiger partial charge in [0.25, 0.3) is 5.91 Å². The second-order valence-corrected chi connectivity index (χ2v) is 4.21. The zero-order valence-electron chi connectivity index (χ0n) is 11.6. The molecule has 0 atom stereocenters. The number of hydrogen-bond donors (Lipinski definition) is 2. The molecule has 0 heterocycles. The molecule has 0 bridgehead atoms. The van der Waals surface area contributed by atoms with Gasteiger partial charge in [-0.25, -0.2) is 0 Å². The number of amides is 1. The molecule has 0 aliphatic heterocycles. The van der Waals surface area contributed by atoms with Crippen LogP contribution in [0.15, 0.2) is 23.8 Å². The Balaban J connectivity index is 2.89. The molecule has 2 N–H and O–H groups in total. The molecule has 1 aromatic rings. The molecule has 0 radical (unpaired) electrons. The van der Waals surface area contributed by atoms with Gasteiger partial charge in [-0.15, -0.1) is 0 Å². The first-order chi connectivity index (χ1) is 9.62. The molecule has 1 aromatic carbocycles. The predicted molar refractivity (Wildman–Crippen MR) is 76.2 cm³/mol. The van der Waals surface area contributed by atoms with E-state index in [1.807, 2.05) is 13.0 Å². The van der Waals surface area contributed by atoms with Crippen LogP contribution in [0, 0.1) is 11.3 Å². The Morgan fingerprint density at radius 1 is 1.55 bits per heavy atom. The molecule has 0 saturated heterocycles. The van der Waals surface area contributed by atoms with Gasteiger partial charge in [0.05, 0.1) is 7.11 Å². The van der Waals surface area contributed by atoms with Crippen molar-refractivity contribution < 1.29 is 14.6 Å². The maximum Gasteiger partial charge on any atom is 0.261 e. The highest BCUT2D eigenvalue weighted by atomic mass is 16.5. The number of unbranched alkanes of at least 4 members (excludes halogenated alkanes) is 1. The lowest BCUT2D eigenvalue weighted by molar-refractivity contribution is -0.117. The summed E-state index contributed by atoms with van der Waals surface area (Å²) < 4.78 is 4.98. The second-order valence-electron chi connectivity index (χ2n) is 4.21. The number of aromatic hydroxyl groups is 1. The van der Waals surface area contributed by atoms with E-state index in [1.165, 1.54) is 19.3 Å². The van der Waals surface area contributed by atoms with Gasteiger partial charge >= 0.3 is 0 Å². The van der Waals surface area contributed by atoms with Crippen LogP contribution in [0.5, 0.6) is 11.5 Å². The Labute approximate surface area is 118 Å². The van der Waals surface area contributed by atoms with Crippen molar-refractivity contribution in [1.82, 2.24) is 5.32 Å². The van der Waals surface area contributed by atoms with Crippen LogP contribution in [-0.2, 0) is 4.79 Å². The van der Waals surface area contributed by atoms with Crippen LogP contribution in [0.2, 0.25) is 0 Å². The molecule has 1 amide bonds. The molecule has 0 spiro atoms. The molecule has 0 fully saturated rings. The minimum atomic E-state index is -0.395. The standard InChI is InChI=1S/C15H18N2O3/c1-3-4-7-17-15(19)12(10-16)8-11-5-6-13(18)14(9-11)20-2/h5-6,8-9,18H,3-4,7H2,1-2H3,(H,17,19)/b12-8+. The van der Waals surface area contributed by atoms with Gasteiger partial charge in [-0.2, -0.15) is 5.26 Å². The summed E-state index contributed by atoms with van der Waals surface area (Å²) in [6, 6.07) is 6.50. The Morgan fingerprint density at radius 2 is 2.30 bits per heavy atom. The molecule has 0 aromatic heterocycles. The summed E-state index contributed by atoms with van der Waals surface area (Å²) in [5.41, 5.74) is 0.635. The number of hydrogen-bond acceptors (Lipinski definition) is 4. The van der Waals surface area contributed by atoms with Crippen LogP contribution in [0.25, 0.3) is 6.08 Å². The highest BCUT2D eigenvalue weighted by Gasteiger charge is 2.09. The number of nitrogens with one attached hydrogen (secondary N) is 1. The van der Waals surface area contributed by atoms with Crippen molar-refractivity contribution in [2.45, 2.75) is 19.8 Å². The molecular weight excluding hydrogens is 256 g/mol. The van der Waals surface area contributed by atoms with E-state index >= 15 is 0 Å². The molecule has 0 aliphatic carbocycles. The summed E-state index contributed by atoms with van der Waals surface area (Å²) in [5.74, 6) is -0.0917. The number of rotatable bonds is 6. The van der Waals surface area contributed by atoms with E-state index in [0.717, 1.165) is 12.8 Å². The Hall–Kier alpha value is -2.48. The van der Waals surface area contributed by atoms with Crippen LogP contribution in [0.1, 0.15) is 25.3 Å². The zero-order valence-corrected chi connectivity index (χ0v) is 11.6. The van der Waals surface area contributed by atoms with Crippen molar-refractivity contribution in [2.24, 2.45) is 0 Å².